The van der Waals surface area contributed by atoms with Crippen molar-refractivity contribution in [1.82, 2.24) is 5.32 Å². The molecule has 0 bridgehead atoms. The predicted molar refractivity (Wildman–Crippen MR) is 65.3 cm³/mol. The lowest BCUT2D eigenvalue weighted by Crippen LogP contribution is -2.40. The third kappa shape index (κ3) is 2.75. The lowest BCUT2D eigenvalue weighted by atomic mass is 9.75. The first-order valence-corrected chi connectivity index (χ1v) is 6.19. The van der Waals surface area contributed by atoms with Crippen molar-refractivity contribution < 1.29 is 13.6 Å². The van der Waals surface area contributed by atoms with E-state index in [1.165, 1.54) is 12.1 Å². The summed E-state index contributed by atoms with van der Waals surface area (Å²) in [6.07, 6.45) is 1.59. The summed E-state index contributed by atoms with van der Waals surface area (Å²) in [6.45, 7) is 3.56. The third-order valence-electron chi connectivity index (χ3n) is 3.75. The van der Waals surface area contributed by atoms with Crippen LogP contribution in [0.15, 0.2) is 18.2 Å². The van der Waals surface area contributed by atoms with E-state index in [-0.39, 0.29) is 23.2 Å². The van der Waals surface area contributed by atoms with E-state index in [2.05, 4.69) is 5.32 Å². The highest BCUT2D eigenvalue weighted by Crippen LogP contribution is 2.30. The van der Waals surface area contributed by atoms with Gasteiger partial charge in [0.1, 0.15) is 17.4 Å². The molecule has 0 aromatic heterocycles. The van der Waals surface area contributed by atoms with Crippen molar-refractivity contribution in [3.05, 3.63) is 35.4 Å². The van der Waals surface area contributed by atoms with E-state index < -0.39 is 11.6 Å². The molecule has 98 valence electrons. The van der Waals surface area contributed by atoms with Crippen LogP contribution in [-0.4, -0.2) is 18.9 Å². The molecule has 18 heavy (non-hydrogen) atoms. The number of hydrogen-bond donors (Lipinski definition) is 1. The maximum absolute atomic E-state index is 13.5. The highest BCUT2D eigenvalue weighted by molar-refractivity contribution is 5.86. The number of hydrogen-bond acceptors (Lipinski definition) is 2. The molecule has 1 aliphatic heterocycles. The highest BCUT2D eigenvalue weighted by Gasteiger charge is 2.34. The number of carbonyl (C=O) groups is 1. The Balaban J connectivity index is 2.11. The van der Waals surface area contributed by atoms with Gasteiger partial charge in [0.05, 0.1) is 0 Å². The Hall–Kier alpha value is -1.29. The first-order chi connectivity index (χ1) is 8.51. The van der Waals surface area contributed by atoms with Crippen LogP contribution in [0.4, 0.5) is 8.78 Å². The molecule has 0 radical (unpaired) electrons. The summed E-state index contributed by atoms with van der Waals surface area (Å²) in [6, 6.07) is 3.37. The van der Waals surface area contributed by atoms with Crippen LogP contribution in [0.25, 0.3) is 0 Å². The van der Waals surface area contributed by atoms with Gasteiger partial charge in [-0.25, -0.2) is 8.78 Å². The lowest BCUT2D eigenvalue weighted by molar-refractivity contribution is -0.128. The fourth-order valence-corrected chi connectivity index (χ4v) is 2.31. The first kappa shape index (κ1) is 13.1. The second-order valence-electron chi connectivity index (χ2n) is 5.15. The van der Waals surface area contributed by atoms with Crippen LogP contribution in [0.3, 0.4) is 0 Å². The van der Waals surface area contributed by atoms with Gasteiger partial charge >= 0.3 is 0 Å². The van der Waals surface area contributed by atoms with Crippen molar-refractivity contribution in [2.75, 3.05) is 13.1 Å². The third-order valence-corrected chi connectivity index (χ3v) is 3.75. The molecular weight excluding hydrogens is 236 g/mol. The molecule has 0 amide bonds. The van der Waals surface area contributed by atoms with Gasteiger partial charge in [-0.15, -0.1) is 0 Å². The number of Topliss-reactive ketones (excluding diaryl/α,β-unsaturated/α-hetero) is 1. The first-order valence-electron chi connectivity index (χ1n) is 6.19. The van der Waals surface area contributed by atoms with Crippen molar-refractivity contribution in [2.45, 2.75) is 26.2 Å². The summed E-state index contributed by atoms with van der Waals surface area (Å²) < 4.78 is 26.3. The molecule has 0 atom stereocenters. The van der Waals surface area contributed by atoms with Crippen LogP contribution in [0.1, 0.15) is 25.3 Å². The molecule has 0 spiro atoms. The minimum Gasteiger partial charge on any atom is -0.317 e. The zero-order valence-electron chi connectivity index (χ0n) is 10.4. The van der Waals surface area contributed by atoms with Crippen LogP contribution in [0, 0.1) is 17.0 Å². The molecule has 1 N–H and O–H groups in total. The molecule has 2 nitrogen and oxygen atoms in total. The number of carbonyl (C=O) groups excluding carboxylic acids is 1. The highest BCUT2D eigenvalue weighted by atomic mass is 19.1. The van der Waals surface area contributed by atoms with Crippen LogP contribution in [0.2, 0.25) is 0 Å². The SMILES string of the molecule is CC1(C(=O)Cc2ccc(F)cc2F)CCNCC1. The number of benzene rings is 1. The molecule has 1 aliphatic rings. The molecule has 1 heterocycles. The number of halogens is 2. The van der Waals surface area contributed by atoms with Gasteiger partial charge in [0.15, 0.2) is 0 Å². The summed E-state index contributed by atoms with van der Waals surface area (Å²) in [5.74, 6) is -1.22. The van der Waals surface area contributed by atoms with E-state index in [9.17, 15) is 13.6 Å². The van der Waals surface area contributed by atoms with Gasteiger partial charge in [0.25, 0.3) is 0 Å². The summed E-state index contributed by atoms with van der Waals surface area (Å²) in [4.78, 5) is 12.2. The number of nitrogens with one attached hydrogen (secondary N) is 1. The molecule has 2 rings (SSSR count). The van der Waals surface area contributed by atoms with Gasteiger partial charge < -0.3 is 5.32 Å². The van der Waals surface area contributed by atoms with E-state index in [0.717, 1.165) is 32.0 Å². The van der Waals surface area contributed by atoms with E-state index in [0.29, 0.717) is 0 Å². The average Bonchev–Trinajstić information content (AvgIpc) is 2.33. The van der Waals surface area contributed by atoms with Crippen LogP contribution in [0.5, 0.6) is 0 Å². The van der Waals surface area contributed by atoms with Crippen LogP contribution >= 0.6 is 0 Å². The summed E-state index contributed by atoms with van der Waals surface area (Å²) in [5, 5.41) is 3.20. The fourth-order valence-electron chi connectivity index (χ4n) is 2.31. The predicted octanol–water partition coefficient (Wildman–Crippen LogP) is 2.47. The summed E-state index contributed by atoms with van der Waals surface area (Å²) in [5.41, 5.74) is -0.104. The van der Waals surface area contributed by atoms with E-state index in [1.54, 1.807) is 0 Å². The number of ketones is 1. The molecule has 0 saturated carbocycles. The van der Waals surface area contributed by atoms with Gasteiger partial charge in [-0.1, -0.05) is 13.0 Å². The van der Waals surface area contributed by atoms with Gasteiger partial charge in [-0.2, -0.15) is 0 Å². The Morgan fingerprint density at radius 2 is 2.00 bits per heavy atom. The molecule has 0 aliphatic carbocycles. The molecule has 1 fully saturated rings. The second-order valence-corrected chi connectivity index (χ2v) is 5.15. The minimum atomic E-state index is -0.638. The molecule has 4 heteroatoms. The molecule has 1 aromatic rings. The molecular formula is C14H17F2NO. The Kier molecular flexibility index (Phi) is 3.76. The fraction of sp³-hybridized carbons (Fsp3) is 0.500. The summed E-state index contributed by atoms with van der Waals surface area (Å²) in [7, 11) is 0. The van der Waals surface area contributed by atoms with Gasteiger partial charge in [0, 0.05) is 17.9 Å². The Morgan fingerprint density at radius 3 is 2.61 bits per heavy atom. The lowest BCUT2D eigenvalue weighted by Gasteiger charge is -2.32. The van der Waals surface area contributed by atoms with Gasteiger partial charge in [-0.05, 0) is 37.6 Å². The zero-order chi connectivity index (χ0) is 13.2. The average molecular weight is 253 g/mol. The Labute approximate surface area is 105 Å². The number of rotatable bonds is 3. The maximum Gasteiger partial charge on any atom is 0.143 e. The van der Waals surface area contributed by atoms with Crippen LogP contribution < -0.4 is 5.32 Å². The Bertz CT molecular complexity index is 453. The topological polar surface area (TPSA) is 29.1 Å². The van der Waals surface area contributed by atoms with E-state index >= 15 is 0 Å². The van der Waals surface area contributed by atoms with Crippen molar-refractivity contribution in [1.29, 1.82) is 0 Å². The molecule has 1 aromatic carbocycles. The van der Waals surface area contributed by atoms with Crippen LogP contribution in [-0.2, 0) is 11.2 Å². The quantitative estimate of drug-likeness (QED) is 0.896. The van der Waals surface area contributed by atoms with Gasteiger partial charge in [0.2, 0.25) is 0 Å². The molecule has 1 saturated heterocycles. The van der Waals surface area contributed by atoms with E-state index in [1.807, 2.05) is 6.92 Å². The van der Waals surface area contributed by atoms with Gasteiger partial charge in [-0.3, -0.25) is 4.79 Å². The minimum absolute atomic E-state index is 0.0366. The monoisotopic (exact) mass is 253 g/mol. The zero-order valence-corrected chi connectivity index (χ0v) is 10.4. The maximum atomic E-state index is 13.5. The normalized spacial score (nSPS) is 18.6. The smallest absolute Gasteiger partial charge is 0.143 e. The largest absolute Gasteiger partial charge is 0.317 e. The second kappa shape index (κ2) is 5.14. The standard InChI is InChI=1S/C14H17F2NO/c1-14(4-6-17-7-5-14)13(18)8-10-2-3-11(15)9-12(10)16/h2-3,9,17H,4-8H2,1H3. The van der Waals surface area contributed by atoms with E-state index in [4.69, 9.17) is 0 Å². The molecule has 0 unspecified atom stereocenters. The van der Waals surface area contributed by atoms with Crippen molar-refractivity contribution in [2.24, 2.45) is 5.41 Å². The van der Waals surface area contributed by atoms with Crippen molar-refractivity contribution in [3.8, 4) is 0 Å². The Morgan fingerprint density at radius 1 is 1.33 bits per heavy atom. The number of piperidine rings is 1. The van der Waals surface area contributed by atoms with Crippen molar-refractivity contribution >= 4 is 5.78 Å². The summed E-state index contributed by atoms with van der Waals surface area (Å²) >= 11 is 0. The van der Waals surface area contributed by atoms with Crippen molar-refractivity contribution in [3.63, 3.8) is 0 Å².